The van der Waals surface area contributed by atoms with Crippen LogP contribution in [-0.2, 0) is 4.74 Å². The van der Waals surface area contributed by atoms with Crippen molar-refractivity contribution in [3.05, 3.63) is 68.4 Å². The smallest absolute Gasteiger partial charge is 0.345 e. The summed E-state index contributed by atoms with van der Waals surface area (Å²) in [5.41, 5.74) is 6.40. The average Bonchev–Trinajstić information content (AvgIpc) is 3.02. The summed E-state index contributed by atoms with van der Waals surface area (Å²) in [6, 6.07) is 11.7. The van der Waals surface area contributed by atoms with Gasteiger partial charge in [0.1, 0.15) is 11.1 Å². The predicted molar refractivity (Wildman–Crippen MR) is 105 cm³/mol. The minimum absolute atomic E-state index is 0.0996. The number of nitrogens with two attached hydrogens (primary N) is 1. The van der Waals surface area contributed by atoms with E-state index in [4.69, 9.17) is 38.1 Å². The molecule has 0 aliphatic heterocycles. The van der Waals surface area contributed by atoms with Gasteiger partial charge in [-0.2, -0.15) is 0 Å². The minimum Gasteiger partial charge on any atom is -0.465 e. The molecule has 4 rings (SSSR count). The Morgan fingerprint density at radius 3 is 2.63 bits per heavy atom. The van der Waals surface area contributed by atoms with E-state index in [1.807, 2.05) is 0 Å². The lowest BCUT2D eigenvalue weighted by atomic mass is 10.1. The summed E-state index contributed by atoms with van der Waals surface area (Å²) in [6.45, 7) is 0. The van der Waals surface area contributed by atoms with E-state index in [1.54, 1.807) is 42.5 Å². The summed E-state index contributed by atoms with van der Waals surface area (Å²) >= 11 is 12.5. The first-order chi connectivity index (χ1) is 12.9. The van der Waals surface area contributed by atoms with Gasteiger partial charge in [0.25, 0.3) is 5.56 Å². The number of halogens is 2. The third-order valence-electron chi connectivity index (χ3n) is 4.26. The number of furan rings is 1. The van der Waals surface area contributed by atoms with Crippen LogP contribution in [0.4, 0.5) is 5.69 Å². The molecule has 0 bridgehead atoms. The number of hydrogen-bond acceptors (Lipinski definition) is 5. The van der Waals surface area contributed by atoms with Crippen LogP contribution < -0.4 is 11.3 Å². The summed E-state index contributed by atoms with van der Waals surface area (Å²) in [7, 11) is 1.17. The van der Waals surface area contributed by atoms with Gasteiger partial charge in [-0.05, 0) is 30.3 Å². The number of rotatable bonds is 2. The maximum atomic E-state index is 13.2. The molecular formula is C19H12Cl2N2O4. The topological polar surface area (TPSA) is 87.5 Å². The molecule has 0 atom stereocenters. The number of carbonyl (C=O) groups excluding carboxylic acids is 1. The summed E-state index contributed by atoms with van der Waals surface area (Å²) in [5, 5.41) is 1.34. The molecule has 0 aliphatic carbocycles. The standard InChI is InChI=1S/C19H12Cl2N2O4/c1-26-19(25)14-15(22)17-16(10-8-9(20)6-7-13(10)27-17)23(18(14)24)12-5-3-2-4-11(12)21/h2-8H,22H2,1H3. The van der Waals surface area contributed by atoms with Gasteiger partial charge in [0.2, 0.25) is 0 Å². The summed E-state index contributed by atoms with van der Waals surface area (Å²) in [4.78, 5) is 25.5. The van der Waals surface area contributed by atoms with E-state index >= 15 is 0 Å². The summed E-state index contributed by atoms with van der Waals surface area (Å²) in [6.07, 6.45) is 0. The van der Waals surface area contributed by atoms with Gasteiger partial charge in [-0.25, -0.2) is 4.79 Å². The molecule has 8 heteroatoms. The van der Waals surface area contributed by atoms with Crippen molar-refractivity contribution in [2.45, 2.75) is 0 Å². The normalized spacial score (nSPS) is 11.2. The lowest BCUT2D eigenvalue weighted by molar-refractivity contribution is 0.0599. The highest BCUT2D eigenvalue weighted by Crippen LogP contribution is 2.36. The van der Waals surface area contributed by atoms with E-state index in [0.29, 0.717) is 32.2 Å². The van der Waals surface area contributed by atoms with Crippen LogP contribution in [0.15, 0.2) is 51.7 Å². The molecule has 0 unspecified atom stereocenters. The minimum atomic E-state index is -0.862. The van der Waals surface area contributed by atoms with Crippen molar-refractivity contribution in [1.29, 1.82) is 0 Å². The zero-order valence-corrected chi connectivity index (χ0v) is 15.5. The molecule has 2 aromatic carbocycles. The number of anilines is 1. The number of benzene rings is 2. The first-order valence-electron chi connectivity index (χ1n) is 7.83. The number of methoxy groups -OCH3 is 1. The fraction of sp³-hybridized carbons (Fsp3) is 0.0526. The number of para-hydroxylation sites is 1. The maximum absolute atomic E-state index is 13.2. The molecule has 2 heterocycles. The largest absolute Gasteiger partial charge is 0.465 e. The average molecular weight is 403 g/mol. The van der Waals surface area contributed by atoms with Crippen LogP contribution in [0.2, 0.25) is 10.0 Å². The fourth-order valence-corrected chi connectivity index (χ4v) is 3.46. The van der Waals surface area contributed by atoms with Crippen LogP contribution in [0.5, 0.6) is 0 Å². The monoisotopic (exact) mass is 402 g/mol. The number of hydrogen-bond donors (Lipinski definition) is 1. The number of nitrogens with zero attached hydrogens (tertiary/aromatic N) is 1. The van der Waals surface area contributed by atoms with Crippen LogP contribution in [-0.4, -0.2) is 17.6 Å². The van der Waals surface area contributed by atoms with Crippen LogP contribution in [0, 0.1) is 0 Å². The SMILES string of the molecule is COC(=O)c1c(N)c2oc3ccc(Cl)cc3c2n(-c2ccccc2Cl)c1=O. The van der Waals surface area contributed by atoms with Crippen molar-refractivity contribution in [1.82, 2.24) is 4.57 Å². The number of aromatic nitrogens is 1. The quantitative estimate of drug-likeness (QED) is 0.501. The predicted octanol–water partition coefficient (Wildman–Crippen LogP) is 4.41. The molecule has 0 saturated carbocycles. The van der Waals surface area contributed by atoms with E-state index in [1.165, 1.54) is 11.7 Å². The molecule has 0 fully saturated rings. The van der Waals surface area contributed by atoms with Crippen molar-refractivity contribution < 1.29 is 13.9 Å². The highest BCUT2D eigenvalue weighted by Gasteiger charge is 2.26. The zero-order valence-electron chi connectivity index (χ0n) is 14.0. The summed E-state index contributed by atoms with van der Waals surface area (Å²) in [5.74, 6) is -0.862. The van der Waals surface area contributed by atoms with Gasteiger partial charge in [0.05, 0.1) is 23.5 Å². The van der Waals surface area contributed by atoms with Gasteiger partial charge in [-0.1, -0.05) is 35.3 Å². The fourth-order valence-electron chi connectivity index (χ4n) is 3.07. The van der Waals surface area contributed by atoms with E-state index in [9.17, 15) is 9.59 Å². The van der Waals surface area contributed by atoms with Gasteiger partial charge >= 0.3 is 5.97 Å². The molecule has 0 saturated heterocycles. The first kappa shape index (κ1) is 17.5. The lowest BCUT2D eigenvalue weighted by Gasteiger charge is -2.13. The molecule has 27 heavy (non-hydrogen) atoms. The number of nitrogen functional groups attached to an aromatic ring is 1. The van der Waals surface area contributed by atoms with Gasteiger partial charge in [-0.15, -0.1) is 0 Å². The van der Waals surface area contributed by atoms with E-state index in [-0.39, 0.29) is 16.8 Å². The Morgan fingerprint density at radius 1 is 1.19 bits per heavy atom. The molecule has 6 nitrogen and oxygen atoms in total. The molecule has 2 N–H and O–H groups in total. The molecular weight excluding hydrogens is 391 g/mol. The highest BCUT2D eigenvalue weighted by atomic mass is 35.5. The van der Waals surface area contributed by atoms with Crippen LogP contribution >= 0.6 is 23.2 Å². The first-order valence-corrected chi connectivity index (χ1v) is 8.59. The van der Waals surface area contributed by atoms with E-state index in [0.717, 1.165) is 0 Å². The number of pyridine rings is 1. The second-order valence-corrected chi connectivity index (χ2v) is 6.64. The second-order valence-electron chi connectivity index (χ2n) is 5.79. The number of carbonyl (C=O) groups is 1. The highest BCUT2D eigenvalue weighted by molar-refractivity contribution is 6.33. The third kappa shape index (κ3) is 2.57. The Bertz CT molecular complexity index is 1290. The van der Waals surface area contributed by atoms with Gasteiger partial charge < -0.3 is 14.9 Å². The van der Waals surface area contributed by atoms with Crippen molar-refractivity contribution in [3.63, 3.8) is 0 Å². The molecule has 0 radical (unpaired) electrons. The van der Waals surface area contributed by atoms with Crippen LogP contribution in [0.3, 0.4) is 0 Å². The molecule has 0 amide bonds. The van der Waals surface area contributed by atoms with E-state index in [2.05, 4.69) is 0 Å². The Labute approximate surface area is 162 Å². The Balaban J connectivity index is 2.31. The van der Waals surface area contributed by atoms with Crippen LogP contribution in [0.25, 0.3) is 27.8 Å². The van der Waals surface area contributed by atoms with Crippen molar-refractivity contribution in [3.8, 4) is 5.69 Å². The molecule has 4 aromatic rings. The lowest BCUT2D eigenvalue weighted by Crippen LogP contribution is -2.28. The summed E-state index contributed by atoms with van der Waals surface area (Å²) < 4.78 is 11.9. The molecule has 0 aliphatic rings. The number of fused-ring (bicyclic) bond motifs is 3. The number of ether oxygens (including phenoxy) is 1. The second kappa shape index (κ2) is 6.33. The Kier molecular flexibility index (Phi) is 4.09. The van der Waals surface area contributed by atoms with Crippen molar-refractivity contribution in [2.75, 3.05) is 12.8 Å². The molecule has 2 aromatic heterocycles. The zero-order chi connectivity index (χ0) is 19.3. The van der Waals surface area contributed by atoms with Crippen molar-refractivity contribution in [2.24, 2.45) is 0 Å². The van der Waals surface area contributed by atoms with Gasteiger partial charge in [-0.3, -0.25) is 9.36 Å². The van der Waals surface area contributed by atoms with Gasteiger partial charge in [0.15, 0.2) is 11.1 Å². The van der Waals surface area contributed by atoms with E-state index < -0.39 is 11.5 Å². The van der Waals surface area contributed by atoms with Gasteiger partial charge in [0, 0.05) is 10.4 Å². The van der Waals surface area contributed by atoms with Crippen molar-refractivity contribution >= 4 is 56.9 Å². The molecule has 0 spiro atoms. The third-order valence-corrected chi connectivity index (χ3v) is 4.82. The number of esters is 1. The Morgan fingerprint density at radius 2 is 1.93 bits per heavy atom. The Hall–Kier alpha value is -2.96. The molecule has 136 valence electrons. The maximum Gasteiger partial charge on any atom is 0.345 e. The van der Waals surface area contributed by atoms with Crippen LogP contribution in [0.1, 0.15) is 10.4 Å².